The van der Waals surface area contributed by atoms with Gasteiger partial charge in [0.1, 0.15) is 17.4 Å². The number of esters is 1. The maximum Gasteiger partial charge on any atom is 0.341 e. The van der Waals surface area contributed by atoms with Gasteiger partial charge in [-0.3, -0.25) is 10.1 Å². The zero-order valence-corrected chi connectivity index (χ0v) is 13.8. The van der Waals surface area contributed by atoms with Gasteiger partial charge in [0.25, 0.3) is 0 Å². The summed E-state index contributed by atoms with van der Waals surface area (Å²) in [5.74, 6) is -0.144. The number of rotatable bonds is 5. The summed E-state index contributed by atoms with van der Waals surface area (Å²) in [5.41, 5.74) is 2.90. The predicted octanol–water partition coefficient (Wildman–Crippen LogP) is 2.35. The van der Waals surface area contributed by atoms with Crippen LogP contribution in [-0.4, -0.2) is 40.5 Å². The second-order valence-electron chi connectivity index (χ2n) is 5.30. The minimum absolute atomic E-state index is 0.253. The molecule has 0 fully saturated rings. The molecule has 1 unspecified atom stereocenters. The van der Waals surface area contributed by atoms with Crippen LogP contribution in [0.25, 0.3) is 11.4 Å². The molecule has 7 nitrogen and oxygen atoms in total. The largest absolute Gasteiger partial charge is 0.496 e. The lowest BCUT2D eigenvalue weighted by molar-refractivity contribution is 0.0597. The number of H-pyrrole nitrogens is 1. The summed E-state index contributed by atoms with van der Waals surface area (Å²) in [6, 6.07) is 10.2. The number of carbonyl (C=O) groups is 1. The number of aromatic nitrogens is 3. The number of hydrogen-bond acceptors (Lipinski definition) is 6. The molecule has 1 atom stereocenters. The minimum atomic E-state index is -0.933. The monoisotopic (exact) mass is 339 g/mol. The Kier molecular flexibility index (Phi) is 4.76. The summed E-state index contributed by atoms with van der Waals surface area (Å²) in [7, 11) is 2.76. The van der Waals surface area contributed by atoms with E-state index in [4.69, 9.17) is 9.47 Å². The van der Waals surface area contributed by atoms with E-state index < -0.39 is 12.1 Å². The van der Waals surface area contributed by atoms with E-state index in [-0.39, 0.29) is 5.56 Å². The van der Waals surface area contributed by atoms with Gasteiger partial charge in [-0.1, -0.05) is 12.1 Å². The third-order valence-corrected chi connectivity index (χ3v) is 3.82. The number of benzene rings is 1. The highest BCUT2D eigenvalue weighted by Gasteiger charge is 2.18. The van der Waals surface area contributed by atoms with Gasteiger partial charge in [-0.2, -0.15) is 5.10 Å². The predicted molar refractivity (Wildman–Crippen MR) is 90.2 cm³/mol. The molecule has 2 heterocycles. The van der Waals surface area contributed by atoms with Gasteiger partial charge in [0.15, 0.2) is 0 Å². The fraction of sp³-hybridized carbons (Fsp3) is 0.167. The van der Waals surface area contributed by atoms with Gasteiger partial charge in [-0.05, 0) is 29.8 Å². The third-order valence-electron chi connectivity index (χ3n) is 3.82. The molecule has 0 aliphatic heterocycles. The molecular formula is C18H17N3O4. The normalized spacial score (nSPS) is 11.8. The molecule has 0 aliphatic rings. The molecule has 3 rings (SSSR count). The van der Waals surface area contributed by atoms with E-state index in [2.05, 4.69) is 15.2 Å². The van der Waals surface area contributed by atoms with Crippen molar-refractivity contribution in [3.8, 4) is 17.1 Å². The number of aromatic amines is 1. The number of aliphatic hydroxyl groups is 1. The van der Waals surface area contributed by atoms with Gasteiger partial charge in [-0.15, -0.1) is 0 Å². The SMILES string of the molecule is COC(=O)c1cc(C(O)c2ccc(-c3ccn[nH]3)nc2)ccc1OC. The summed E-state index contributed by atoms with van der Waals surface area (Å²) in [6.45, 7) is 0. The van der Waals surface area contributed by atoms with Crippen molar-refractivity contribution in [1.29, 1.82) is 0 Å². The Labute approximate surface area is 144 Å². The van der Waals surface area contributed by atoms with E-state index >= 15 is 0 Å². The summed E-state index contributed by atoms with van der Waals surface area (Å²) in [5, 5.41) is 17.3. The molecule has 0 spiro atoms. The summed E-state index contributed by atoms with van der Waals surface area (Å²) >= 11 is 0. The Bertz CT molecular complexity index is 861. The van der Waals surface area contributed by atoms with Crippen molar-refractivity contribution in [2.75, 3.05) is 14.2 Å². The van der Waals surface area contributed by atoms with Crippen LogP contribution < -0.4 is 4.74 Å². The summed E-state index contributed by atoms with van der Waals surface area (Å²) < 4.78 is 9.92. The van der Waals surface area contributed by atoms with E-state index in [0.717, 1.165) is 11.4 Å². The number of methoxy groups -OCH3 is 2. The van der Waals surface area contributed by atoms with Crippen LogP contribution in [-0.2, 0) is 4.74 Å². The smallest absolute Gasteiger partial charge is 0.341 e. The Morgan fingerprint density at radius 3 is 2.56 bits per heavy atom. The first-order valence-corrected chi connectivity index (χ1v) is 7.54. The topological polar surface area (TPSA) is 97.3 Å². The maximum absolute atomic E-state index is 11.9. The lowest BCUT2D eigenvalue weighted by atomic mass is 10.00. The zero-order valence-electron chi connectivity index (χ0n) is 13.8. The highest BCUT2D eigenvalue weighted by atomic mass is 16.5. The highest BCUT2D eigenvalue weighted by molar-refractivity contribution is 5.92. The number of hydrogen-bond donors (Lipinski definition) is 2. The van der Waals surface area contributed by atoms with Gasteiger partial charge >= 0.3 is 5.97 Å². The summed E-state index contributed by atoms with van der Waals surface area (Å²) in [6.07, 6.45) is 2.30. The van der Waals surface area contributed by atoms with E-state index in [1.54, 1.807) is 42.7 Å². The Hall–Kier alpha value is -3.19. The lowest BCUT2D eigenvalue weighted by Gasteiger charge is -2.14. The molecule has 0 saturated carbocycles. The van der Waals surface area contributed by atoms with Crippen LogP contribution in [0.5, 0.6) is 5.75 Å². The fourth-order valence-electron chi connectivity index (χ4n) is 2.48. The van der Waals surface area contributed by atoms with Crippen LogP contribution in [0.15, 0.2) is 48.8 Å². The van der Waals surface area contributed by atoms with Crippen LogP contribution in [0.4, 0.5) is 0 Å². The second kappa shape index (κ2) is 7.14. The first-order chi connectivity index (χ1) is 12.1. The first kappa shape index (κ1) is 16.7. The molecule has 7 heteroatoms. The molecule has 0 amide bonds. The molecule has 0 bridgehead atoms. The number of pyridine rings is 1. The molecule has 0 saturated heterocycles. The van der Waals surface area contributed by atoms with Gasteiger partial charge in [0.2, 0.25) is 0 Å². The zero-order chi connectivity index (χ0) is 17.8. The van der Waals surface area contributed by atoms with E-state index in [1.807, 2.05) is 6.07 Å². The van der Waals surface area contributed by atoms with Crippen LogP contribution in [0.1, 0.15) is 27.6 Å². The van der Waals surface area contributed by atoms with Crippen molar-refractivity contribution in [3.05, 3.63) is 65.5 Å². The Balaban J connectivity index is 1.90. The van der Waals surface area contributed by atoms with E-state index in [9.17, 15) is 9.90 Å². The van der Waals surface area contributed by atoms with Crippen LogP contribution in [0.3, 0.4) is 0 Å². The van der Waals surface area contributed by atoms with Crippen molar-refractivity contribution in [2.45, 2.75) is 6.10 Å². The number of carbonyl (C=O) groups excluding carboxylic acids is 1. The molecular weight excluding hydrogens is 322 g/mol. The van der Waals surface area contributed by atoms with E-state index in [1.165, 1.54) is 14.2 Å². The van der Waals surface area contributed by atoms with Crippen molar-refractivity contribution in [3.63, 3.8) is 0 Å². The molecule has 2 N–H and O–H groups in total. The van der Waals surface area contributed by atoms with Gasteiger partial charge in [0, 0.05) is 18.0 Å². The molecule has 25 heavy (non-hydrogen) atoms. The molecule has 2 aromatic heterocycles. The summed E-state index contributed by atoms with van der Waals surface area (Å²) in [4.78, 5) is 16.2. The van der Waals surface area contributed by atoms with Gasteiger partial charge < -0.3 is 14.6 Å². The quantitative estimate of drug-likeness (QED) is 0.693. The molecule has 0 radical (unpaired) electrons. The lowest BCUT2D eigenvalue weighted by Crippen LogP contribution is -2.07. The Morgan fingerprint density at radius 2 is 1.96 bits per heavy atom. The number of aliphatic hydroxyl groups excluding tert-OH is 1. The van der Waals surface area contributed by atoms with Crippen LogP contribution in [0, 0.1) is 0 Å². The standard InChI is InChI=1S/C18H17N3O4/c1-24-16-6-4-11(9-13(16)18(23)25-2)17(22)12-3-5-14(19-10-12)15-7-8-20-21-15/h3-10,17,22H,1-2H3,(H,20,21). The number of ether oxygens (including phenoxy) is 2. The fourth-order valence-corrected chi connectivity index (χ4v) is 2.48. The van der Waals surface area contributed by atoms with Gasteiger partial charge in [-0.25, -0.2) is 4.79 Å². The number of nitrogens with zero attached hydrogens (tertiary/aromatic N) is 2. The molecule has 3 aromatic rings. The third kappa shape index (κ3) is 3.36. The van der Waals surface area contributed by atoms with Crippen LogP contribution in [0.2, 0.25) is 0 Å². The van der Waals surface area contributed by atoms with Crippen LogP contribution >= 0.6 is 0 Å². The van der Waals surface area contributed by atoms with Crippen molar-refractivity contribution >= 4 is 5.97 Å². The first-order valence-electron chi connectivity index (χ1n) is 7.54. The van der Waals surface area contributed by atoms with Crippen molar-refractivity contribution in [2.24, 2.45) is 0 Å². The Morgan fingerprint density at radius 1 is 1.16 bits per heavy atom. The number of nitrogens with one attached hydrogen (secondary N) is 1. The molecule has 128 valence electrons. The van der Waals surface area contributed by atoms with Gasteiger partial charge in [0.05, 0.1) is 25.6 Å². The maximum atomic E-state index is 11.9. The molecule has 0 aliphatic carbocycles. The average molecular weight is 339 g/mol. The van der Waals surface area contributed by atoms with E-state index in [0.29, 0.717) is 16.9 Å². The van der Waals surface area contributed by atoms with Crippen molar-refractivity contribution in [1.82, 2.24) is 15.2 Å². The second-order valence-corrected chi connectivity index (χ2v) is 5.30. The molecule has 1 aromatic carbocycles. The van der Waals surface area contributed by atoms with Crippen molar-refractivity contribution < 1.29 is 19.4 Å². The highest BCUT2D eigenvalue weighted by Crippen LogP contribution is 2.28. The average Bonchev–Trinajstić information content (AvgIpc) is 3.21. The minimum Gasteiger partial charge on any atom is -0.496 e.